The van der Waals surface area contributed by atoms with Crippen LogP contribution in [0.15, 0.2) is 11.1 Å². The normalized spacial score (nSPS) is 10.8. The summed E-state index contributed by atoms with van der Waals surface area (Å²) >= 11 is 0. The second kappa shape index (κ2) is 3.80. The minimum absolute atomic E-state index is 0.713. The zero-order valence-electron chi connectivity index (χ0n) is 8.15. The molecule has 0 heteroatoms. The lowest BCUT2D eigenvalue weighted by Gasteiger charge is -2.17. The van der Waals surface area contributed by atoms with Gasteiger partial charge in [0, 0.05) is 0 Å². The summed E-state index contributed by atoms with van der Waals surface area (Å²) in [5.41, 5.74) is 3.10. The molecule has 0 bridgehead atoms. The Hall–Kier alpha value is -0.260. The Bertz CT molecular complexity index is 113. The lowest BCUT2D eigenvalue weighted by Crippen LogP contribution is -2.03. The minimum Gasteiger partial charge on any atom is -0.0767 e. The third-order valence-electron chi connectivity index (χ3n) is 1.82. The quantitative estimate of drug-likeness (QED) is 0.514. The maximum absolute atomic E-state index is 2.27. The molecule has 0 aromatic rings. The van der Waals surface area contributed by atoms with Crippen molar-refractivity contribution in [3.05, 3.63) is 11.1 Å². The van der Waals surface area contributed by atoms with E-state index in [1.54, 1.807) is 5.57 Å². The molecule has 0 nitrogen and oxygen atoms in total. The van der Waals surface area contributed by atoms with Gasteiger partial charge in [-0.15, -0.1) is 0 Å². The van der Waals surface area contributed by atoms with Crippen molar-refractivity contribution in [3.63, 3.8) is 0 Å². The lowest BCUT2D eigenvalue weighted by atomic mass is 9.89. The summed E-state index contributed by atoms with van der Waals surface area (Å²) in [6, 6.07) is 0. The number of allylic oxidation sites excluding steroid dienone is 2. The highest BCUT2D eigenvalue weighted by Gasteiger charge is 2.08. The molecule has 0 atom stereocenters. The van der Waals surface area contributed by atoms with Gasteiger partial charge in [-0.1, -0.05) is 38.8 Å². The highest BCUT2D eigenvalue weighted by Crippen LogP contribution is 2.22. The number of hydrogen-bond donors (Lipinski definition) is 0. The molecular weight excluding hydrogens is 120 g/mol. The molecule has 0 heterocycles. The first-order chi connectivity index (χ1) is 4.46. The Labute approximate surface area is 65.3 Å². The van der Waals surface area contributed by atoms with E-state index in [0.29, 0.717) is 11.8 Å². The third kappa shape index (κ3) is 2.55. The summed E-state index contributed by atoms with van der Waals surface area (Å²) in [5.74, 6) is 1.43. The van der Waals surface area contributed by atoms with E-state index in [1.165, 1.54) is 5.57 Å². The average molecular weight is 140 g/mol. The van der Waals surface area contributed by atoms with Crippen molar-refractivity contribution in [1.29, 1.82) is 0 Å². The molecule has 0 aliphatic heterocycles. The van der Waals surface area contributed by atoms with Crippen molar-refractivity contribution in [1.82, 2.24) is 0 Å². The van der Waals surface area contributed by atoms with Crippen molar-refractivity contribution in [2.75, 3.05) is 0 Å². The summed E-state index contributed by atoms with van der Waals surface area (Å²) < 4.78 is 0. The van der Waals surface area contributed by atoms with Crippen LogP contribution in [0.1, 0.15) is 41.5 Å². The predicted octanol–water partition coefficient (Wildman–Crippen LogP) is 3.63. The monoisotopic (exact) mass is 140 g/mol. The first-order valence-electron chi connectivity index (χ1n) is 4.14. The molecule has 0 saturated carbocycles. The van der Waals surface area contributed by atoms with Gasteiger partial charge in [-0.3, -0.25) is 0 Å². The van der Waals surface area contributed by atoms with Crippen molar-refractivity contribution in [3.8, 4) is 0 Å². The van der Waals surface area contributed by atoms with E-state index in [2.05, 4.69) is 41.5 Å². The van der Waals surface area contributed by atoms with E-state index < -0.39 is 0 Å². The molecule has 0 aliphatic carbocycles. The SMILES string of the molecule is CC(C)=C(C(C)C)C(C)C. The van der Waals surface area contributed by atoms with E-state index in [1.807, 2.05) is 0 Å². The van der Waals surface area contributed by atoms with Gasteiger partial charge >= 0.3 is 0 Å². The largest absolute Gasteiger partial charge is 0.0767 e. The van der Waals surface area contributed by atoms with Crippen LogP contribution in [0.2, 0.25) is 0 Å². The molecule has 0 rings (SSSR count). The van der Waals surface area contributed by atoms with Crippen LogP contribution in [0.3, 0.4) is 0 Å². The predicted molar refractivity (Wildman–Crippen MR) is 48.1 cm³/mol. The molecule has 0 spiro atoms. The van der Waals surface area contributed by atoms with Gasteiger partial charge in [0.1, 0.15) is 0 Å². The summed E-state index contributed by atoms with van der Waals surface area (Å²) in [7, 11) is 0. The zero-order chi connectivity index (χ0) is 8.31. The molecule has 0 radical (unpaired) electrons. The van der Waals surface area contributed by atoms with Crippen LogP contribution in [0, 0.1) is 11.8 Å². The van der Waals surface area contributed by atoms with Gasteiger partial charge in [-0.25, -0.2) is 0 Å². The van der Waals surface area contributed by atoms with Crippen molar-refractivity contribution >= 4 is 0 Å². The van der Waals surface area contributed by atoms with Crippen LogP contribution in [-0.2, 0) is 0 Å². The van der Waals surface area contributed by atoms with Gasteiger partial charge in [-0.05, 0) is 25.7 Å². The smallest absolute Gasteiger partial charge is 0.0255 e. The second-order valence-electron chi connectivity index (χ2n) is 3.76. The van der Waals surface area contributed by atoms with Gasteiger partial charge < -0.3 is 0 Å². The topological polar surface area (TPSA) is 0 Å². The molecule has 0 amide bonds. The fraction of sp³-hybridized carbons (Fsp3) is 0.800. The average Bonchev–Trinajstić information content (AvgIpc) is 1.59. The number of rotatable bonds is 2. The maximum atomic E-state index is 2.27. The van der Waals surface area contributed by atoms with Gasteiger partial charge in [0.2, 0.25) is 0 Å². The summed E-state index contributed by atoms with van der Waals surface area (Å²) in [5, 5.41) is 0. The van der Waals surface area contributed by atoms with Gasteiger partial charge in [0.25, 0.3) is 0 Å². The van der Waals surface area contributed by atoms with E-state index in [0.717, 1.165) is 0 Å². The van der Waals surface area contributed by atoms with Crippen molar-refractivity contribution in [2.24, 2.45) is 11.8 Å². The van der Waals surface area contributed by atoms with Crippen molar-refractivity contribution < 1.29 is 0 Å². The van der Waals surface area contributed by atoms with Gasteiger partial charge in [0.15, 0.2) is 0 Å². The first-order valence-corrected chi connectivity index (χ1v) is 4.14. The summed E-state index contributed by atoms with van der Waals surface area (Å²) in [6.07, 6.45) is 0. The molecule has 60 valence electrons. The molecule has 0 unspecified atom stereocenters. The summed E-state index contributed by atoms with van der Waals surface area (Å²) in [4.78, 5) is 0. The Kier molecular flexibility index (Phi) is 3.70. The highest BCUT2D eigenvalue weighted by molar-refractivity contribution is 5.13. The molecule has 0 aromatic heterocycles. The van der Waals surface area contributed by atoms with E-state index in [-0.39, 0.29) is 0 Å². The molecule has 0 fully saturated rings. The van der Waals surface area contributed by atoms with E-state index in [4.69, 9.17) is 0 Å². The first kappa shape index (κ1) is 9.74. The molecular formula is C10H20. The Balaban J connectivity index is 4.44. The van der Waals surface area contributed by atoms with E-state index in [9.17, 15) is 0 Å². The molecule has 0 aromatic carbocycles. The third-order valence-corrected chi connectivity index (χ3v) is 1.82. The Morgan fingerprint density at radius 2 is 1.10 bits per heavy atom. The minimum atomic E-state index is 0.713. The van der Waals surface area contributed by atoms with Crippen LogP contribution < -0.4 is 0 Å². The molecule has 10 heavy (non-hydrogen) atoms. The standard InChI is InChI=1S/C10H20/c1-7(2)10(8(3)4)9(5)6/h7-8H,1-6H3. The van der Waals surface area contributed by atoms with Crippen LogP contribution in [0.4, 0.5) is 0 Å². The van der Waals surface area contributed by atoms with Crippen LogP contribution in [-0.4, -0.2) is 0 Å². The van der Waals surface area contributed by atoms with Crippen LogP contribution >= 0.6 is 0 Å². The van der Waals surface area contributed by atoms with Gasteiger partial charge in [0.05, 0.1) is 0 Å². The maximum Gasteiger partial charge on any atom is -0.0255 e. The van der Waals surface area contributed by atoms with Crippen molar-refractivity contribution in [2.45, 2.75) is 41.5 Å². The fourth-order valence-corrected chi connectivity index (χ4v) is 1.82. The van der Waals surface area contributed by atoms with Gasteiger partial charge in [-0.2, -0.15) is 0 Å². The molecule has 0 aliphatic rings. The molecule has 0 saturated heterocycles. The zero-order valence-corrected chi connectivity index (χ0v) is 8.15. The lowest BCUT2D eigenvalue weighted by molar-refractivity contribution is 0.615. The van der Waals surface area contributed by atoms with Crippen LogP contribution in [0.5, 0.6) is 0 Å². The van der Waals surface area contributed by atoms with Crippen LogP contribution in [0.25, 0.3) is 0 Å². The van der Waals surface area contributed by atoms with E-state index >= 15 is 0 Å². The number of hydrogen-bond acceptors (Lipinski definition) is 0. The molecule has 0 N–H and O–H groups in total. The summed E-state index contributed by atoms with van der Waals surface area (Å²) in [6.45, 7) is 13.5. The Morgan fingerprint density at radius 3 is 1.10 bits per heavy atom. The fourth-order valence-electron chi connectivity index (χ4n) is 1.82. The second-order valence-corrected chi connectivity index (χ2v) is 3.76. The Morgan fingerprint density at radius 1 is 0.800 bits per heavy atom. The highest BCUT2D eigenvalue weighted by atomic mass is 14.1.